The first-order valence-electron chi connectivity index (χ1n) is 11.6. The average molecular weight is 432 g/mol. The molecule has 0 radical (unpaired) electrons. The summed E-state index contributed by atoms with van der Waals surface area (Å²) in [6.07, 6.45) is 8.50. The largest absolute Gasteiger partial charge is 0.467 e. The van der Waals surface area contributed by atoms with Gasteiger partial charge in [-0.15, -0.1) is 0 Å². The molecule has 6 nitrogen and oxygen atoms in total. The molecule has 3 aromatic rings. The van der Waals surface area contributed by atoms with Gasteiger partial charge in [0.15, 0.2) is 0 Å². The van der Waals surface area contributed by atoms with E-state index in [9.17, 15) is 9.59 Å². The van der Waals surface area contributed by atoms with E-state index in [4.69, 9.17) is 4.42 Å². The lowest BCUT2D eigenvalue weighted by Crippen LogP contribution is -2.48. The van der Waals surface area contributed by atoms with Gasteiger partial charge in [0.05, 0.1) is 23.3 Å². The number of amides is 2. The fraction of sp³-hybridized carbons (Fsp3) is 0.385. The summed E-state index contributed by atoms with van der Waals surface area (Å²) < 4.78 is 7.90. The lowest BCUT2D eigenvalue weighted by molar-refractivity contribution is -0.141. The molecule has 1 aliphatic heterocycles. The second-order valence-electron chi connectivity index (χ2n) is 8.71. The summed E-state index contributed by atoms with van der Waals surface area (Å²) in [5.41, 5.74) is 2.75. The van der Waals surface area contributed by atoms with Crippen LogP contribution in [0.3, 0.4) is 0 Å². The first kappa shape index (κ1) is 20.6. The van der Waals surface area contributed by atoms with Crippen LogP contribution < -0.4 is 4.90 Å². The summed E-state index contributed by atoms with van der Waals surface area (Å²) in [7, 11) is 0. The molecule has 0 saturated heterocycles. The lowest BCUT2D eigenvalue weighted by atomic mass is 9.84. The van der Waals surface area contributed by atoms with Crippen LogP contribution >= 0.6 is 0 Å². The van der Waals surface area contributed by atoms with Crippen molar-refractivity contribution in [3.8, 4) is 5.69 Å². The number of hydrogen-bond acceptors (Lipinski definition) is 3. The highest BCUT2D eigenvalue weighted by atomic mass is 16.3. The van der Waals surface area contributed by atoms with Crippen molar-refractivity contribution >= 4 is 17.5 Å². The molecule has 2 aliphatic rings. The zero-order valence-corrected chi connectivity index (χ0v) is 18.4. The normalized spacial score (nSPS) is 17.4. The maximum Gasteiger partial charge on any atom is 0.247 e. The van der Waals surface area contributed by atoms with Crippen molar-refractivity contribution in [1.29, 1.82) is 0 Å². The van der Waals surface area contributed by atoms with Crippen molar-refractivity contribution in [3.63, 3.8) is 0 Å². The summed E-state index contributed by atoms with van der Waals surface area (Å²) in [6.45, 7) is 2.81. The zero-order chi connectivity index (χ0) is 22.1. The minimum atomic E-state index is -0.380. The van der Waals surface area contributed by atoms with Crippen LogP contribution in [-0.2, 0) is 9.59 Å². The summed E-state index contributed by atoms with van der Waals surface area (Å²) in [4.78, 5) is 30.6. The molecule has 6 heteroatoms. The van der Waals surface area contributed by atoms with Crippen LogP contribution in [0.2, 0.25) is 0 Å². The smallest absolute Gasteiger partial charge is 0.247 e. The zero-order valence-electron chi connectivity index (χ0n) is 18.4. The Labute approximate surface area is 188 Å². The van der Waals surface area contributed by atoms with E-state index >= 15 is 0 Å². The Balaban J connectivity index is 1.52. The number of furan rings is 1. The number of hydrogen-bond donors (Lipinski definition) is 0. The fourth-order valence-corrected chi connectivity index (χ4v) is 4.75. The van der Waals surface area contributed by atoms with Gasteiger partial charge in [0.2, 0.25) is 11.8 Å². The molecule has 1 atom stereocenters. The molecule has 1 saturated carbocycles. The predicted octanol–water partition coefficient (Wildman–Crippen LogP) is 4.94. The fourth-order valence-electron chi connectivity index (χ4n) is 4.75. The highest BCUT2D eigenvalue weighted by Gasteiger charge is 2.39. The Hall–Kier alpha value is -3.28. The van der Waals surface area contributed by atoms with E-state index in [0.717, 1.165) is 49.2 Å². The predicted molar refractivity (Wildman–Crippen MR) is 123 cm³/mol. The molecule has 3 heterocycles. The molecule has 1 aromatic carbocycles. The Morgan fingerprint density at radius 3 is 2.56 bits per heavy atom. The van der Waals surface area contributed by atoms with Gasteiger partial charge < -0.3 is 13.9 Å². The van der Waals surface area contributed by atoms with Crippen LogP contribution in [-0.4, -0.2) is 34.4 Å². The van der Waals surface area contributed by atoms with Crippen LogP contribution in [0.5, 0.6) is 0 Å². The lowest BCUT2D eigenvalue weighted by Gasteiger charge is -2.39. The number of carbonyl (C=O) groups excluding carboxylic acids is 2. The molecule has 5 rings (SSSR count). The van der Waals surface area contributed by atoms with E-state index in [1.165, 1.54) is 0 Å². The molecule has 1 fully saturated rings. The van der Waals surface area contributed by atoms with Gasteiger partial charge in [-0.3, -0.25) is 14.5 Å². The van der Waals surface area contributed by atoms with Crippen molar-refractivity contribution < 1.29 is 14.0 Å². The Morgan fingerprint density at radius 1 is 1.06 bits per heavy atom. The first-order valence-corrected chi connectivity index (χ1v) is 11.6. The summed E-state index contributed by atoms with van der Waals surface area (Å²) in [6, 6.07) is 15.3. The summed E-state index contributed by atoms with van der Waals surface area (Å²) in [5, 5.41) is 0. The summed E-state index contributed by atoms with van der Waals surface area (Å²) >= 11 is 0. The monoisotopic (exact) mass is 431 g/mol. The van der Waals surface area contributed by atoms with Gasteiger partial charge in [-0.05, 0) is 55.7 Å². The number of nitrogens with zero attached hydrogens (tertiary/aromatic N) is 3. The first-order chi connectivity index (χ1) is 15.7. The minimum Gasteiger partial charge on any atom is -0.467 e. The van der Waals surface area contributed by atoms with Crippen LogP contribution in [0.4, 0.5) is 5.69 Å². The molecule has 0 N–H and O–H groups in total. The van der Waals surface area contributed by atoms with E-state index in [1.54, 1.807) is 11.2 Å². The number of unbranched alkanes of at least 4 members (excludes halogenated alkanes) is 1. The van der Waals surface area contributed by atoms with Crippen molar-refractivity contribution in [1.82, 2.24) is 9.47 Å². The van der Waals surface area contributed by atoms with E-state index in [1.807, 2.05) is 59.6 Å². The van der Waals surface area contributed by atoms with Gasteiger partial charge in [0, 0.05) is 18.7 Å². The van der Waals surface area contributed by atoms with Crippen molar-refractivity contribution in [2.75, 3.05) is 18.0 Å². The molecule has 1 unspecified atom stereocenters. The third-order valence-corrected chi connectivity index (χ3v) is 6.67. The third-order valence-electron chi connectivity index (χ3n) is 6.67. The van der Waals surface area contributed by atoms with Crippen LogP contribution in [0.25, 0.3) is 5.69 Å². The maximum atomic E-state index is 13.9. The van der Waals surface area contributed by atoms with E-state index in [-0.39, 0.29) is 30.3 Å². The molecule has 2 amide bonds. The SMILES string of the molecule is CCCCN(CC(=O)N1c2ccccc2-n2cccc2C1c1ccco1)C(=O)C1CCC1. The average Bonchev–Trinajstić information content (AvgIpc) is 3.46. The van der Waals surface area contributed by atoms with Gasteiger partial charge in [-0.2, -0.15) is 0 Å². The van der Waals surface area contributed by atoms with Crippen LogP contribution in [0.15, 0.2) is 65.4 Å². The number of fused-ring (bicyclic) bond motifs is 3. The number of rotatable bonds is 7. The second-order valence-corrected chi connectivity index (χ2v) is 8.71. The minimum absolute atomic E-state index is 0.0754. The quantitative estimate of drug-likeness (QED) is 0.533. The van der Waals surface area contributed by atoms with Gasteiger partial charge in [-0.1, -0.05) is 31.9 Å². The third kappa shape index (κ3) is 3.53. The molecule has 32 heavy (non-hydrogen) atoms. The van der Waals surface area contributed by atoms with E-state index < -0.39 is 0 Å². The second kappa shape index (κ2) is 8.69. The highest BCUT2D eigenvalue weighted by molar-refractivity contribution is 6.00. The number of benzene rings is 1. The molecular formula is C26H29N3O3. The van der Waals surface area contributed by atoms with Crippen molar-refractivity contribution in [2.45, 2.75) is 45.1 Å². The number of aromatic nitrogens is 1. The topological polar surface area (TPSA) is 58.7 Å². The van der Waals surface area contributed by atoms with Gasteiger partial charge in [0.1, 0.15) is 18.3 Å². The number of carbonyl (C=O) groups is 2. The molecule has 2 aromatic heterocycles. The van der Waals surface area contributed by atoms with Crippen molar-refractivity contribution in [2.24, 2.45) is 5.92 Å². The highest BCUT2D eigenvalue weighted by Crippen LogP contribution is 2.42. The maximum absolute atomic E-state index is 13.9. The van der Waals surface area contributed by atoms with E-state index in [0.29, 0.717) is 12.3 Å². The Kier molecular flexibility index (Phi) is 5.60. The molecule has 166 valence electrons. The number of para-hydroxylation sites is 2. The summed E-state index contributed by atoms with van der Waals surface area (Å²) in [5.74, 6) is 0.820. The van der Waals surface area contributed by atoms with Gasteiger partial charge >= 0.3 is 0 Å². The Bertz CT molecular complexity index is 1100. The molecule has 1 aliphatic carbocycles. The van der Waals surface area contributed by atoms with Gasteiger partial charge in [0.25, 0.3) is 0 Å². The number of anilines is 1. The van der Waals surface area contributed by atoms with Crippen LogP contribution in [0.1, 0.15) is 56.5 Å². The molecular weight excluding hydrogens is 402 g/mol. The standard InChI is InChI=1S/C26H29N3O3/c1-2-3-15-27(26(31)19-9-6-10-19)18-24(30)29-21-12-5-4-11-20(21)28-16-7-13-22(28)25(29)23-14-8-17-32-23/h4-5,7-8,11-14,16-17,19,25H,2-3,6,9-10,15,18H2,1H3. The van der Waals surface area contributed by atoms with Crippen molar-refractivity contribution in [3.05, 3.63) is 72.4 Å². The van der Waals surface area contributed by atoms with Gasteiger partial charge in [-0.25, -0.2) is 0 Å². The molecule has 0 spiro atoms. The van der Waals surface area contributed by atoms with E-state index in [2.05, 4.69) is 11.5 Å². The Morgan fingerprint density at radius 2 is 1.88 bits per heavy atom. The van der Waals surface area contributed by atoms with Crippen LogP contribution in [0, 0.1) is 5.92 Å². The molecule has 0 bridgehead atoms.